The summed E-state index contributed by atoms with van der Waals surface area (Å²) in [6.45, 7) is 0.130. The SMILES string of the molecule is O=c1[nH]c2ccc(CNS(=O)(=O)c3cccs3)cc2o1. The summed E-state index contributed by atoms with van der Waals surface area (Å²) in [6, 6.07) is 8.26. The Balaban J connectivity index is 1.82. The molecule has 0 amide bonds. The third-order valence-electron chi connectivity index (χ3n) is 2.71. The van der Waals surface area contributed by atoms with Gasteiger partial charge in [0.05, 0.1) is 5.52 Å². The van der Waals surface area contributed by atoms with Crippen molar-refractivity contribution in [2.24, 2.45) is 0 Å². The van der Waals surface area contributed by atoms with E-state index in [4.69, 9.17) is 4.42 Å². The highest BCUT2D eigenvalue weighted by Gasteiger charge is 2.14. The molecule has 0 aliphatic rings. The summed E-state index contributed by atoms with van der Waals surface area (Å²) in [7, 11) is -3.49. The van der Waals surface area contributed by atoms with Gasteiger partial charge in [-0.2, -0.15) is 0 Å². The Hall–Kier alpha value is -1.90. The molecule has 2 heterocycles. The van der Waals surface area contributed by atoms with Crippen molar-refractivity contribution < 1.29 is 12.8 Å². The first kappa shape index (κ1) is 13.1. The van der Waals surface area contributed by atoms with Crippen LogP contribution < -0.4 is 10.5 Å². The van der Waals surface area contributed by atoms with Crippen molar-refractivity contribution in [2.75, 3.05) is 0 Å². The molecule has 2 aromatic heterocycles. The summed E-state index contributed by atoms with van der Waals surface area (Å²) in [5.74, 6) is -0.531. The highest BCUT2D eigenvalue weighted by molar-refractivity contribution is 7.91. The molecule has 2 N–H and O–H groups in total. The van der Waals surface area contributed by atoms with Gasteiger partial charge in [-0.25, -0.2) is 17.9 Å². The van der Waals surface area contributed by atoms with E-state index in [1.807, 2.05) is 0 Å². The molecule has 3 rings (SSSR count). The van der Waals surface area contributed by atoms with E-state index in [1.54, 1.807) is 35.7 Å². The topological polar surface area (TPSA) is 92.2 Å². The lowest BCUT2D eigenvalue weighted by Gasteiger charge is -2.04. The predicted molar refractivity (Wildman–Crippen MR) is 75.2 cm³/mol. The fraction of sp³-hybridized carbons (Fsp3) is 0.0833. The van der Waals surface area contributed by atoms with E-state index in [1.165, 1.54) is 0 Å². The number of nitrogens with one attached hydrogen (secondary N) is 2. The molecule has 1 aromatic carbocycles. The maximum Gasteiger partial charge on any atom is 0.417 e. The van der Waals surface area contributed by atoms with Gasteiger partial charge >= 0.3 is 5.76 Å². The quantitative estimate of drug-likeness (QED) is 0.766. The van der Waals surface area contributed by atoms with Gasteiger partial charge in [0, 0.05) is 6.54 Å². The zero-order valence-electron chi connectivity index (χ0n) is 10.1. The second kappa shape index (κ2) is 4.89. The Morgan fingerprint density at radius 1 is 1.30 bits per heavy atom. The molecule has 0 unspecified atom stereocenters. The number of sulfonamides is 1. The van der Waals surface area contributed by atoms with E-state index >= 15 is 0 Å². The lowest BCUT2D eigenvalue weighted by atomic mass is 10.2. The molecule has 6 nitrogen and oxygen atoms in total. The molecule has 0 fully saturated rings. The van der Waals surface area contributed by atoms with E-state index in [9.17, 15) is 13.2 Å². The molecule has 20 heavy (non-hydrogen) atoms. The van der Waals surface area contributed by atoms with Crippen LogP contribution in [-0.4, -0.2) is 13.4 Å². The molecule has 104 valence electrons. The number of hydrogen-bond donors (Lipinski definition) is 2. The third-order valence-corrected chi connectivity index (χ3v) is 5.51. The molecule has 0 saturated heterocycles. The fourth-order valence-electron chi connectivity index (χ4n) is 1.77. The summed E-state index contributed by atoms with van der Waals surface area (Å²) in [4.78, 5) is 13.6. The van der Waals surface area contributed by atoms with Crippen LogP contribution in [0, 0.1) is 0 Å². The number of benzene rings is 1. The molecule has 3 aromatic rings. The first-order valence-corrected chi connectivity index (χ1v) is 8.06. The molecular formula is C12H10N2O4S2. The van der Waals surface area contributed by atoms with Gasteiger partial charge in [-0.05, 0) is 29.1 Å². The Morgan fingerprint density at radius 2 is 2.15 bits per heavy atom. The van der Waals surface area contributed by atoms with Crippen LogP contribution >= 0.6 is 11.3 Å². The minimum absolute atomic E-state index is 0.130. The van der Waals surface area contributed by atoms with Crippen LogP contribution in [0.2, 0.25) is 0 Å². The van der Waals surface area contributed by atoms with Crippen molar-refractivity contribution in [1.82, 2.24) is 9.71 Å². The minimum atomic E-state index is -3.49. The van der Waals surface area contributed by atoms with Crippen molar-refractivity contribution in [3.8, 4) is 0 Å². The van der Waals surface area contributed by atoms with Crippen LogP contribution in [0.15, 0.2) is 49.1 Å². The van der Waals surface area contributed by atoms with Crippen molar-refractivity contribution >= 4 is 32.5 Å². The molecule has 0 aliphatic carbocycles. The average molecular weight is 310 g/mol. The van der Waals surface area contributed by atoms with E-state index in [2.05, 4.69) is 9.71 Å². The van der Waals surface area contributed by atoms with Gasteiger partial charge in [0.1, 0.15) is 4.21 Å². The normalized spacial score (nSPS) is 12.0. The standard InChI is InChI=1S/C12H10N2O4S2/c15-12-14-9-4-3-8(6-10(9)18-12)7-13-20(16,17)11-2-1-5-19-11/h1-6,13H,7H2,(H,14,15). The zero-order chi connectivity index (χ0) is 14.2. The minimum Gasteiger partial charge on any atom is -0.408 e. The first-order chi connectivity index (χ1) is 9.54. The van der Waals surface area contributed by atoms with E-state index in [-0.39, 0.29) is 10.8 Å². The summed E-state index contributed by atoms with van der Waals surface area (Å²) in [5, 5.41) is 1.70. The average Bonchev–Trinajstić information content (AvgIpc) is 3.04. The maximum absolute atomic E-state index is 12.0. The summed E-state index contributed by atoms with van der Waals surface area (Å²) in [6.07, 6.45) is 0. The maximum atomic E-state index is 12.0. The van der Waals surface area contributed by atoms with Crippen LogP contribution in [0.3, 0.4) is 0 Å². The number of thiophene rings is 1. The van der Waals surface area contributed by atoms with Crippen molar-refractivity contribution in [3.05, 3.63) is 51.8 Å². The Labute approximate surface area is 118 Å². The van der Waals surface area contributed by atoms with Crippen molar-refractivity contribution in [3.63, 3.8) is 0 Å². The number of aromatic amines is 1. The van der Waals surface area contributed by atoms with Crippen molar-refractivity contribution in [1.29, 1.82) is 0 Å². The summed E-state index contributed by atoms with van der Waals surface area (Å²) in [5.41, 5.74) is 1.70. The second-order valence-electron chi connectivity index (χ2n) is 4.10. The van der Waals surface area contributed by atoms with Crippen LogP contribution in [0.5, 0.6) is 0 Å². The van der Waals surface area contributed by atoms with E-state index in [0.29, 0.717) is 16.7 Å². The number of hydrogen-bond acceptors (Lipinski definition) is 5. The fourth-order valence-corrected chi connectivity index (χ4v) is 3.82. The summed E-state index contributed by atoms with van der Waals surface area (Å²) < 4.78 is 31.6. The van der Waals surface area contributed by atoms with E-state index < -0.39 is 15.8 Å². The van der Waals surface area contributed by atoms with Gasteiger partial charge in [-0.15, -0.1) is 11.3 Å². The van der Waals surface area contributed by atoms with Crippen LogP contribution in [0.1, 0.15) is 5.56 Å². The number of H-pyrrole nitrogens is 1. The van der Waals surface area contributed by atoms with Gasteiger partial charge in [0.25, 0.3) is 0 Å². The van der Waals surface area contributed by atoms with E-state index in [0.717, 1.165) is 11.3 Å². The molecule has 0 aliphatic heterocycles. The van der Waals surface area contributed by atoms with Crippen molar-refractivity contribution in [2.45, 2.75) is 10.8 Å². The van der Waals surface area contributed by atoms with Gasteiger partial charge in [0.2, 0.25) is 10.0 Å². The van der Waals surface area contributed by atoms with Gasteiger partial charge < -0.3 is 4.42 Å². The molecule has 0 spiro atoms. The number of fused-ring (bicyclic) bond motifs is 1. The molecule has 8 heteroatoms. The highest BCUT2D eigenvalue weighted by Crippen LogP contribution is 2.17. The second-order valence-corrected chi connectivity index (χ2v) is 7.04. The van der Waals surface area contributed by atoms with Gasteiger partial charge in [-0.1, -0.05) is 12.1 Å². The van der Waals surface area contributed by atoms with Crippen LogP contribution in [0.25, 0.3) is 11.1 Å². The molecule has 0 atom stereocenters. The largest absolute Gasteiger partial charge is 0.417 e. The monoisotopic (exact) mass is 310 g/mol. The lowest BCUT2D eigenvalue weighted by Crippen LogP contribution is -2.22. The Kier molecular flexibility index (Phi) is 3.20. The number of aromatic nitrogens is 1. The van der Waals surface area contributed by atoms with Gasteiger partial charge in [-0.3, -0.25) is 4.98 Å². The number of rotatable bonds is 4. The number of oxazole rings is 1. The molecule has 0 saturated carbocycles. The smallest absolute Gasteiger partial charge is 0.408 e. The Bertz CT molecular complexity index is 891. The Morgan fingerprint density at radius 3 is 2.90 bits per heavy atom. The lowest BCUT2D eigenvalue weighted by molar-refractivity contribution is 0.554. The third kappa shape index (κ3) is 2.53. The molecule has 0 radical (unpaired) electrons. The summed E-state index contributed by atoms with van der Waals surface area (Å²) >= 11 is 1.16. The van der Waals surface area contributed by atoms with Crippen LogP contribution in [0.4, 0.5) is 0 Å². The molecule has 0 bridgehead atoms. The highest BCUT2D eigenvalue weighted by atomic mass is 32.2. The first-order valence-electron chi connectivity index (χ1n) is 5.69. The van der Waals surface area contributed by atoms with Gasteiger partial charge in [0.15, 0.2) is 5.58 Å². The zero-order valence-corrected chi connectivity index (χ0v) is 11.8. The molecular weight excluding hydrogens is 300 g/mol. The predicted octanol–water partition coefficient (Wildman–Crippen LogP) is 1.66. The van der Waals surface area contributed by atoms with Crippen LogP contribution in [-0.2, 0) is 16.6 Å².